The van der Waals surface area contributed by atoms with Crippen LogP contribution in [-0.2, 0) is 6.42 Å². The Morgan fingerprint density at radius 2 is 2.11 bits per heavy atom. The van der Waals surface area contributed by atoms with Gasteiger partial charge in [0.2, 0.25) is 0 Å². The molecule has 1 rings (SSSR count). The summed E-state index contributed by atoms with van der Waals surface area (Å²) in [5, 5.41) is 21.5. The lowest BCUT2D eigenvalue weighted by Gasteiger charge is -2.26. The van der Waals surface area contributed by atoms with Crippen molar-refractivity contribution in [2.45, 2.75) is 38.8 Å². The molecule has 0 bridgehead atoms. The Bertz CT molecular complexity index is 440. The van der Waals surface area contributed by atoms with Gasteiger partial charge in [0.25, 0.3) is 0 Å². The second-order valence-electron chi connectivity index (χ2n) is 5.11. The lowest BCUT2D eigenvalue weighted by atomic mass is 10.0. The van der Waals surface area contributed by atoms with Gasteiger partial charge in [-0.2, -0.15) is 5.26 Å². The zero-order chi connectivity index (χ0) is 14.3. The topological polar surface area (TPSA) is 65.3 Å². The SMILES string of the molecule is CC(C)NC(C)(C#N)COc1ccccc1CCO. The molecule has 0 saturated heterocycles. The average Bonchev–Trinajstić information content (AvgIpc) is 2.37. The highest BCUT2D eigenvalue weighted by Gasteiger charge is 2.25. The monoisotopic (exact) mass is 262 g/mol. The number of nitrogens with zero attached hydrogens (tertiary/aromatic N) is 1. The molecule has 0 spiro atoms. The van der Waals surface area contributed by atoms with E-state index in [1.54, 1.807) is 0 Å². The Morgan fingerprint density at radius 3 is 2.68 bits per heavy atom. The minimum absolute atomic E-state index is 0.0835. The molecule has 104 valence electrons. The summed E-state index contributed by atoms with van der Waals surface area (Å²) in [5.74, 6) is 0.726. The number of nitriles is 1. The molecule has 2 N–H and O–H groups in total. The second kappa shape index (κ2) is 7.13. The van der Waals surface area contributed by atoms with Crippen molar-refractivity contribution >= 4 is 0 Å². The first kappa shape index (κ1) is 15.5. The number of hydrogen-bond acceptors (Lipinski definition) is 4. The third-order valence-electron chi connectivity index (χ3n) is 2.72. The van der Waals surface area contributed by atoms with Crippen molar-refractivity contribution in [1.29, 1.82) is 5.26 Å². The maximum Gasteiger partial charge on any atom is 0.138 e. The van der Waals surface area contributed by atoms with E-state index in [1.807, 2.05) is 45.0 Å². The van der Waals surface area contributed by atoms with E-state index in [0.717, 1.165) is 11.3 Å². The maximum absolute atomic E-state index is 9.25. The summed E-state index contributed by atoms with van der Waals surface area (Å²) in [6.07, 6.45) is 0.553. The fraction of sp³-hybridized carbons (Fsp3) is 0.533. The molecule has 1 atom stereocenters. The smallest absolute Gasteiger partial charge is 0.138 e. The number of rotatable bonds is 7. The molecule has 1 unspecified atom stereocenters. The average molecular weight is 262 g/mol. The first-order valence-corrected chi connectivity index (χ1v) is 6.51. The number of para-hydroxylation sites is 1. The molecule has 0 aliphatic carbocycles. The highest BCUT2D eigenvalue weighted by atomic mass is 16.5. The van der Waals surface area contributed by atoms with E-state index < -0.39 is 5.54 Å². The molecule has 0 saturated carbocycles. The maximum atomic E-state index is 9.25. The Labute approximate surface area is 115 Å². The summed E-state index contributed by atoms with van der Waals surface area (Å²) in [6, 6.07) is 10.0. The van der Waals surface area contributed by atoms with Crippen molar-refractivity contribution in [3.05, 3.63) is 29.8 Å². The zero-order valence-electron chi connectivity index (χ0n) is 11.8. The number of hydrogen-bond donors (Lipinski definition) is 2. The number of aliphatic hydroxyl groups excluding tert-OH is 1. The molecule has 0 heterocycles. The van der Waals surface area contributed by atoms with Gasteiger partial charge in [0.1, 0.15) is 17.9 Å². The van der Waals surface area contributed by atoms with Gasteiger partial charge in [0, 0.05) is 12.6 Å². The highest BCUT2D eigenvalue weighted by Crippen LogP contribution is 2.19. The lowest BCUT2D eigenvalue weighted by molar-refractivity contribution is 0.221. The van der Waals surface area contributed by atoms with Crippen molar-refractivity contribution in [1.82, 2.24) is 5.32 Å². The van der Waals surface area contributed by atoms with Crippen molar-refractivity contribution in [2.75, 3.05) is 13.2 Å². The van der Waals surface area contributed by atoms with Gasteiger partial charge in [0.05, 0.1) is 6.07 Å². The molecule has 0 amide bonds. The summed E-state index contributed by atoms with van der Waals surface area (Å²) in [4.78, 5) is 0. The summed E-state index contributed by atoms with van der Waals surface area (Å²) in [6.45, 7) is 6.16. The minimum atomic E-state index is -0.722. The van der Waals surface area contributed by atoms with Crippen LogP contribution in [0, 0.1) is 11.3 Å². The summed E-state index contributed by atoms with van der Waals surface area (Å²) in [5.41, 5.74) is 0.232. The molecular weight excluding hydrogens is 240 g/mol. The molecule has 19 heavy (non-hydrogen) atoms. The summed E-state index contributed by atoms with van der Waals surface area (Å²) < 4.78 is 5.75. The molecule has 1 aromatic carbocycles. The van der Waals surface area contributed by atoms with Crippen LogP contribution >= 0.6 is 0 Å². The fourth-order valence-corrected chi connectivity index (χ4v) is 1.94. The number of nitrogens with one attached hydrogen (secondary N) is 1. The Balaban J connectivity index is 2.72. The van der Waals surface area contributed by atoms with Gasteiger partial charge in [-0.05, 0) is 38.8 Å². The van der Waals surface area contributed by atoms with Gasteiger partial charge >= 0.3 is 0 Å². The molecule has 0 aliphatic rings. The lowest BCUT2D eigenvalue weighted by Crippen LogP contribution is -2.49. The standard InChI is InChI=1S/C15H22N2O2/c1-12(2)17-15(3,10-16)11-19-14-7-5-4-6-13(14)8-9-18/h4-7,12,17-18H,8-9,11H2,1-3H3. The third-order valence-corrected chi connectivity index (χ3v) is 2.72. The van der Waals surface area contributed by atoms with E-state index in [2.05, 4.69) is 11.4 Å². The first-order valence-electron chi connectivity index (χ1n) is 6.51. The van der Waals surface area contributed by atoms with Crippen molar-refractivity contribution in [3.8, 4) is 11.8 Å². The normalized spacial score (nSPS) is 13.9. The van der Waals surface area contributed by atoms with E-state index in [9.17, 15) is 5.26 Å². The van der Waals surface area contributed by atoms with Gasteiger partial charge in [-0.25, -0.2) is 0 Å². The third kappa shape index (κ3) is 4.90. The van der Waals surface area contributed by atoms with E-state index >= 15 is 0 Å². The van der Waals surface area contributed by atoms with Crippen LogP contribution in [0.4, 0.5) is 0 Å². The Morgan fingerprint density at radius 1 is 1.42 bits per heavy atom. The molecule has 0 radical (unpaired) electrons. The van der Waals surface area contributed by atoms with Crippen LogP contribution < -0.4 is 10.1 Å². The first-order chi connectivity index (χ1) is 9.00. The molecule has 4 nitrogen and oxygen atoms in total. The molecule has 0 fully saturated rings. The van der Waals surface area contributed by atoms with Crippen molar-refractivity contribution in [2.24, 2.45) is 0 Å². The van der Waals surface area contributed by atoms with Gasteiger partial charge in [-0.3, -0.25) is 5.32 Å². The van der Waals surface area contributed by atoms with Gasteiger partial charge in [0.15, 0.2) is 0 Å². The molecule has 0 aliphatic heterocycles. The van der Waals surface area contributed by atoms with Crippen molar-refractivity contribution in [3.63, 3.8) is 0 Å². The van der Waals surface area contributed by atoms with Gasteiger partial charge in [-0.15, -0.1) is 0 Å². The largest absolute Gasteiger partial charge is 0.490 e. The van der Waals surface area contributed by atoms with Crippen LogP contribution in [0.2, 0.25) is 0 Å². The molecular formula is C15H22N2O2. The van der Waals surface area contributed by atoms with E-state index in [0.29, 0.717) is 6.42 Å². The van der Waals surface area contributed by atoms with Crippen LogP contribution in [0.25, 0.3) is 0 Å². The van der Waals surface area contributed by atoms with Crippen LogP contribution in [0.3, 0.4) is 0 Å². The highest BCUT2D eigenvalue weighted by molar-refractivity contribution is 5.33. The van der Waals surface area contributed by atoms with E-state index in [4.69, 9.17) is 9.84 Å². The Hall–Kier alpha value is -1.57. The van der Waals surface area contributed by atoms with Crippen LogP contribution in [0.15, 0.2) is 24.3 Å². The molecule has 4 heteroatoms. The van der Waals surface area contributed by atoms with Gasteiger partial charge in [-0.1, -0.05) is 18.2 Å². The second-order valence-corrected chi connectivity index (χ2v) is 5.11. The van der Waals surface area contributed by atoms with E-state index in [1.165, 1.54) is 0 Å². The minimum Gasteiger partial charge on any atom is -0.490 e. The Kier molecular flexibility index (Phi) is 5.81. The van der Waals surface area contributed by atoms with Crippen molar-refractivity contribution < 1.29 is 9.84 Å². The van der Waals surface area contributed by atoms with E-state index in [-0.39, 0.29) is 19.3 Å². The quantitative estimate of drug-likeness (QED) is 0.787. The fourth-order valence-electron chi connectivity index (χ4n) is 1.94. The molecule has 0 aromatic heterocycles. The summed E-state index contributed by atoms with van der Waals surface area (Å²) >= 11 is 0. The van der Waals surface area contributed by atoms with Crippen LogP contribution in [0.1, 0.15) is 26.3 Å². The van der Waals surface area contributed by atoms with Gasteiger partial charge < -0.3 is 9.84 Å². The number of aliphatic hydroxyl groups is 1. The van der Waals surface area contributed by atoms with Crippen LogP contribution in [-0.4, -0.2) is 29.9 Å². The number of ether oxygens (including phenoxy) is 1. The zero-order valence-corrected chi connectivity index (χ0v) is 11.8. The van der Waals surface area contributed by atoms with Crippen LogP contribution in [0.5, 0.6) is 5.75 Å². The predicted molar refractivity (Wildman–Crippen MR) is 75.0 cm³/mol. The molecule has 1 aromatic rings. The predicted octanol–water partition coefficient (Wildman–Crippen LogP) is 1.88. The number of benzene rings is 1. The summed E-state index contributed by atoms with van der Waals surface area (Å²) in [7, 11) is 0.